The van der Waals surface area contributed by atoms with Crippen LogP contribution in [0.2, 0.25) is 0 Å². The molecule has 2 aromatic carbocycles. The SMILES string of the molecule is Cn1c(=O)n(CC(=O)Nc2ncc(Cc3ccccc3)s2)c2ccccc21. The third-order valence-electron chi connectivity index (χ3n) is 4.37. The van der Waals surface area contributed by atoms with Gasteiger partial charge in [0.1, 0.15) is 6.54 Å². The minimum Gasteiger partial charge on any atom is -0.300 e. The molecule has 1 amide bonds. The van der Waals surface area contributed by atoms with Gasteiger partial charge in [-0.3, -0.25) is 13.9 Å². The lowest BCUT2D eigenvalue weighted by atomic mass is 10.1. The number of carbonyl (C=O) groups is 1. The summed E-state index contributed by atoms with van der Waals surface area (Å²) >= 11 is 1.44. The molecule has 0 fully saturated rings. The van der Waals surface area contributed by atoms with Gasteiger partial charge in [-0.2, -0.15) is 0 Å². The summed E-state index contributed by atoms with van der Waals surface area (Å²) in [4.78, 5) is 30.2. The maximum atomic E-state index is 12.4. The van der Waals surface area contributed by atoms with Crippen molar-refractivity contribution in [1.82, 2.24) is 14.1 Å². The number of nitrogens with one attached hydrogen (secondary N) is 1. The van der Waals surface area contributed by atoms with Gasteiger partial charge >= 0.3 is 5.69 Å². The largest absolute Gasteiger partial charge is 0.329 e. The summed E-state index contributed by atoms with van der Waals surface area (Å²) in [6.45, 7) is -0.0478. The zero-order valence-electron chi connectivity index (χ0n) is 14.8. The first-order chi connectivity index (χ1) is 13.1. The Bertz CT molecular complexity index is 1160. The number of carbonyl (C=O) groups excluding carboxylic acids is 1. The van der Waals surface area contributed by atoms with Crippen molar-refractivity contribution in [1.29, 1.82) is 0 Å². The Balaban J connectivity index is 1.48. The van der Waals surface area contributed by atoms with Gasteiger partial charge in [-0.05, 0) is 17.7 Å². The predicted molar refractivity (Wildman–Crippen MR) is 107 cm³/mol. The van der Waals surface area contributed by atoms with Gasteiger partial charge in [0, 0.05) is 24.5 Å². The number of amides is 1. The molecule has 2 heterocycles. The number of hydrogen-bond acceptors (Lipinski definition) is 4. The number of aryl methyl sites for hydroxylation is 1. The van der Waals surface area contributed by atoms with Gasteiger partial charge in [0.25, 0.3) is 0 Å². The van der Waals surface area contributed by atoms with Crippen LogP contribution in [0.5, 0.6) is 0 Å². The monoisotopic (exact) mass is 378 g/mol. The number of rotatable bonds is 5. The topological polar surface area (TPSA) is 68.9 Å². The molecule has 0 atom stereocenters. The van der Waals surface area contributed by atoms with E-state index in [1.807, 2.05) is 42.5 Å². The highest BCUT2D eigenvalue weighted by Crippen LogP contribution is 2.21. The third-order valence-corrected chi connectivity index (χ3v) is 5.29. The van der Waals surface area contributed by atoms with Crippen molar-refractivity contribution < 1.29 is 4.79 Å². The molecule has 0 bridgehead atoms. The summed E-state index contributed by atoms with van der Waals surface area (Å²) in [5, 5.41) is 3.34. The van der Waals surface area contributed by atoms with Crippen LogP contribution in [0.1, 0.15) is 10.4 Å². The second-order valence-electron chi connectivity index (χ2n) is 6.26. The quantitative estimate of drug-likeness (QED) is 0.580. The maximum Gasteiger partial charge on any atom is 0.329 e. The molecule has 7 heteroatoms. The number of imidazole rings is 1. The average molecular weight is 378 g/mol. The summed E-state index contributed by atoms with van der Waals surface area (Å²) in [6.07, 6.45) is 2.55. The number of thiazole rings is 1. The van der Waals surface area contributed by atoms with Crippen LogP contribution in [-0.4, -0.2) is 20.0 Å². The molecule has 0 saturated heterocycles. The summed E-state index contributed by atoms with van der Waals surface area (Å²) in [5.41, 5.74) is 2.52. The van der Waals surface area contributed by atoms with Gasteiger partial charge in [0.05, 0.1) is 11.0 Å². The van der Waals surface area contributed by atoms with E-state index in [4.69, 9.17) is 0 Å². The van der Waals surface area contributed by atoms with Crippen LogP contribution in [0.3, 0.4) is 0 Å². The van der Waals surface area contributed by atoms with Crippen molar-refractivity contribution in [3.8, 4) is 0 Å². The molecule has 6 nitrogen and oxygen atoms in total. The Labute approximate surface area is 159 Å². The zero-order chi connectivity index (χ0) is 18.8. The highest BCUT2D eigenvalue weighted by molar-refractivity contribution is 7.15. The van der Waals surface area contributed by atoms with E-state index in [0.29, 0.717) is 5.13 Å². The van der Waals surface area contributed by atoms with Crippen LogP contribution in [0.4, 0.5) is 5.13 Å². The number of fused-ring (bicyclic) bond motifs is 1. The Morgan fingerprint density at radius 1 is 1.07 bits per heavy atom. The number of nitrogens with zero attached hydrogens (tertiary/aromatic N) is 3. The fraction of sp³-hybridized carbons (Fsp3) is 0.150. The summed E-state index contributed by atoms with van der Waals surface area (Å²) in [6, 6.07) is 17.5. The molecule has 27 heavy (non-hydrogen) atoms. The zero-order valence-corrected chi connectivity index (χ0v) is 15.6. The number of benzene rings is 2. The van der Waals surface area contributed by atoms with Crippen molar-refractivity contribution in [2.24, 2.45) is 7.05 Å². The number of anilines is 1. The van der Waals surface area contributed by atoms with Crippen molar-refractivity contribution in [3.63, 3.8) is 0 Å². The second-order valence-corrected chi connectivity index (χ2v) is 7.37. The molecule has 0 radical (unpaired) electrons. The Morgan fingerprint density at radius 3 is 2.56 bits per heavy atom. The van der Waals surface area contributed by atoms with Crippen LogP contribution in [0.25, 0.3) is 11.0 Å². The standard InChI is InChI=1S/C20H18N4O2S/c1-23-16-9-5-6-10-17(16)24(20(23)26)13-18(25)22-19-21-12-15(27-19)11-14-7-3-2-4-8-14/h2-10,12H,11,13H2,1H3,(H,21,22,25). The molecule has 1 N–H and O–H groups in total. The van der Waals surface area contributed by atoms with E-state index in [0.717, 1.165) is 22.3 Å². The van der Waals surface area contributed by atoms with E-state index < -0.39 is 0 Å². The molecule has 0 unspecified atom stereocenters. The molecule has 2 aromatic heterocycles. The lowest BCUT2D eigenvalue weighted by Crippen LogP contribution is -2.28. The highest BCUT2D eigenvalue weighted by Gasteiger charge is 2.14. The summed E-state index contributed by atoms with van der Waals surface area (Å²) in [5.74, 6) is -0.269. The second kappa shape index (κ2) is 7.20. The molecule has 4 rings (SSSR count). The molecule has 0 spiro atoms. The van der Waals surface area contributed by atoms with Crippen LogP contribution >= 0.6 is 11.3 Å². The Kier molecular flexibility index (Phi) is 4.60. The van der Waals surface area contributed by atoms with Crippen LogP contribution < -0.4 is 11.0 Å². The first-order valence-electron chi connectivity index (χ1n) is 8.54. The van der Waals surface area contributed by atoms with E-state index in [-0.39, 0.29) is 18.1 Å². The van der Waals surface area contributed by atoms with E-state index in [2.05, 4.69) is 22.4 Å². The lowest BCUT2D eigenvalue weighted by Gasteiger charge is -2.03. The summed E-state index contributed by atoms with van der Waals surface area (Å²) < 4.78 is 3.02. The Hall–Kier alpha value is -3.19. The smallest absolute Gasteiger partial charge is 0.300 e. The fourth-order valence-corrected chi connectivity index (χ4v) is 3.93. The van der Waals surface area contributed by atoms with Gasteiger partial charge in [0.2, 0.25) is 5.91 Å². The Morgan fingerprint density at radius 2 is 1.78 bits per heavy atom. The van der Waals surface area contributed by atoms with E-state index in [9.17, 15) is 9.59 Å². The van der Waals surface area contributed by atoms with Crippen molar-refractivity contribution in [2.45, 2.75) is 13.0 Å². The minimum absolute atomic E-state index is 0.0478. The van der Waals surface area contributed by atoms with E-state index in [1.165, 1.54) is 21.5 Å². The predicted octanol–water partition coefficient (Wildman–Crippen LogP) is 3.03. The summed E-state index contributed by atoms with van der Waals surface area (Å²) in [7, 11) is 1.70. The normalized spacial score (nSPS) is 11.0. The van der Waals surface area contributed by atoms with Crippen molar-refractivity contribution >= 4 is 33.4 Å². The number of para-hydroxylation sites is 2. The average Bonchev–Trinajstić information content (AvgIpc) is 3.21. The molecule has 0 aliphatic heterocycles. The van der Waals surface area contributed by atoms with Crippen LogP contribution in [0, 0.1) is 0 Å². The molecule has 0 aliphatic rings. The first kappa shape index (κ1) is 17.2. The highest BCUT2D eigenvalue weighted by atomic mass is 32.1. The molecule has 4 aromatic rings. The van der Waals surface area contributed by atoms with Gasteiger partial charge in [-0.15, -0.1) is 11.3 Å². The van der Waals surface area contributed by atoms with Crippen molar-refractivity contribution in [3.05, 3.63) is 81.7 Å². The fourth-order valence-electron chi connectivity index (χ4n) is 3.06. The maximum absolute atomic E-state index is 12.4. The van der Waals surface area contributed by atoms with Crippen LogP contribution in [0.15, 0.2) is 65.6 Å². The molecular formula is C20H18N4O2S. The van der Waals surface area contributed by atoms with Crippen molar-refractivity contribution in [2.75, 3.05) is 5.32 Å². The van der Waals surface area contributed by atoms with E-state index >= 15 is 0 Å². The minimum atomic E-state index is -0.269. The van der Waals surface area contributed by atoms with Gasteiger partial charge in [-0.1, -0.05) is 42.5 Å². The first-order valence-corrected chi connectivity index (χ1v) is 9.36. The molecule has 0 aliphatic carbocycles. The number of hydrogen-bond donors (Lipinski definition) is 1. The van der Waals surface area contributed by atoms with Gasteiger partial charge < -0.3 is 5.32 Å². The van der Waals surface area contributed by atoms with Gasteiger partial charge in [-0.25, -0.2) is 9.78 Å². The lowest BCUT2D eigenvalue weighted by molar-refractivity contribution is -0.116. The van der Waals surface area contributed by atoms with E-state index in [1.54, 1.807) is 17.8 Å². The number of aromatic nitrogens is 3. The molecular weight excluding hydrogens is 360 g/mol. The molecule has 136 valence electrons. The van der Waals surface area contributed by atoms with Gasteiger partial charge in [0.15, 0.2) is 5.13 Å². The molecule has 0 saturated carbocycles. The third kappa shape index (κ3) is 3.54. The van der Waals surface area contributed by atoms with Crippen LogP contribution in [-0.2, 0) is 24.8 Å².